The van der Waals surface area contributed by atoms with Crippen molar-refractivity contribution < 1.29 is 9.90 Å². The van der Waals surface area contributed by atoms with Gasteiger partial charge in [0.15, 0.2) is 0 Å². The van der Waals surface area contributed by atoms with Gasteiger partial charge in [0.25, 0.3) is 0 Å². The van der Waals surface area contributed by atoms with E-state index in [1.54, 1.807) is 0 Å². The van der Waals surface area contributed by atoms with Crippen molar-refractivity contribution in [2.45, 2.75) is 39.5 Å². The van der Waals surface area contributed by atoms with Crippen LogP contribution in [0.2, 0.25) is 0 Å². The second-order valence-electron chi connectivity index (χ2n) is 2.59. The van der Waals surface area contributed by atoms with Crippen LogP contribution in [0.25, 0.3) is 0 Å². The molecule has 0 spiro atoms. The molecule has 2 radical (unpaired) electrons. The van der Waals surface area contributed by atoms with Crippen molar-refractivity contribution >= 4 is 51.5 Å². The third-order valence-corrected chi connectivity index (χ3v) is 1.75. The first kappa shape index (κ1) is 14.5. The van der Waals surface area contributed by atoms with Crippen molar-refractivity contribution in [3.63, 3.8) is 0 Å². The third kappa shape index (κ3) is 7.32. The molecule has 3 heteroatoms. The quantitative estimate of drug-likeness (QED) is 0.734. The molecule has 0 aromatic heterocycles. The molecule has 0 aliphatic carbocycles. The van der Waals surface area contributed by atoms with Crippen LogP contribution in [0.5, 0.6) is 0 Å². The van der Waals surface area contributed by atoms with E-state index in [-0.39, 0.29) is 51.4 Å². The van der Waals surface area contributed by atoms with Gasteiger partial charge in [0.1, 0.15) is 0 Å². The normalized spacial score (nSPS) is 11.8. The Hall–Kier alpha value is 0.951. The summed E-state index contributed by atoms with van der Waals surface area (Å²) in [6.45, 7) is 4.00. The molecule has 11 heavy (non-hydrogen) atoms. The van der Waals surface area contributed by atoms with Crippen molar-refractivity contribution in [1.29, 1.82) is 0 Å². The first-order valence-electron chi connectivity index (χ1n) is 3.95. The van der Waals surface area contributed by atoms with Crippen molar-refractivity contribution in [1.82, 2.24) is 0 Å². The Bertz CT molecular complexity index is 104. The van der Waals surface area contributed by atoms with E-state index < -0.39 is 5.97 Å². The summed E-state index contributed by atoms with van der Waals surface area (Å²) in [5.74, 6) is -0.754. The Labute approximate surface area is 106 Å². The van der Waals surface area contributed by atoms with Gasteiger partial charge >= 0.3 is 5.97 Å². The summed E-state index contributed by atoms with van der Waals surface area (Å²) >= 11 is 0. The molecule has 0 bridgehead atoms. The van der Waals surface area contributed by atoms with Crippen LogP contribution in [0, 0.1) is 5.92 Å². The summed E-state index contributed by atoms with van der Waals surface area (Å²) in [5, 5.41) is 8.60. The van der Waals surface area contributed by atoms with E-state index in [0.29, 0.717) is 0 Å². The first-order chi connectivity index (χ1) is 4.72. The van der Waals surface area contributed by atoms with Crippen LogP contribution >= 0.6 is 0 Å². The minimum absolute atomic E-state index is 0. The minimum atomic E-state index is -0.643. The van der Waals surface area contributed by atoms with Crippen molar-refractivity contribution in [3.8, 4) is 0 Å². The SMILES string of the molecule is CCCCC(CC)C(=O)O.[Sr]. The molecule has 0 heterocycles. The molecule has 2 nitrogen and oxygen atoms in total. The van der Waals surface area contributed by atoms with Crippen molar-refractivity contribution in [3.05, 3.63) is 0 Å². The number of rotatable bonds is 5. The average molecular weight is 232 g/mol. The first-order valence-corrected chi connectivity index (χ1v) is 3.95. The molecule has 0 aromatic rings. The molecular weight excluding hydrogens is 216 g/mol. The van der Waals surface area contributed by atoms with E-state index >= 15 is 0 Å². The van der Waals surface area contributed by atoms with Crippen LogP contribution < -0.4 is 0 Å². The molecule has 0 saturated carbocycles. The molecule has 1 unspecified atom stereocenters. The van der Waals surface area contributed by atoms with Gasteiger partial charge in [-0.15, -0.1) is 0 Å². The van der Waals surface area contributed by atoms with Gasteiger partial charge in [-0.25, -0.2) is 0 Å². The molecule has 0 aliphatic rings. The monoisotopic (exact) mass is 232 g/mol. The maximum absolute atomic E-state index is 10.4. The van der Waals surface area contributed by atoms with Gasteiger partial charge in [0.05, 0.1) is 5.92 Å². The van der Waals surface area contributed by atoms with Crippen molar-refractivity contribution in [2.24, 2.45) is 5.92 Å². The Balaban J connectivity index is 0. The molecule has 0 aliphatic heterocycles. The fraction of sp³-hybridized carbons (Fsp3) is 0.875. The Morgan fingerprint density at radius 1 is 1.45 bits per heavy atom. The van der Waals surface area contributed by atoms with Crippen LogP contribution in [-0.2, 0) is 4.79 Å². The molecule has 62 valence electrons. The summed E-state index contributed by atoms with van der Waals surface area (Å²) in [6, 6.07) is 0. The van der Waals surface area contributed by atoms with Crippen LogP contribution in [0.1, 0.15) is 39.5 Å². The molecule has 0 amide bonds. The summed E-state index contributed by atoms with van der Waals surface area (Å²) in [6.07, 6.45) is 3.71. The summed E-state index contributed by atoms with van der Waals surface area (Å²) in [5.41, 5.74) is 0. The van der Waals surface area contributed by atoms with Crippen LogP contribution in [0.3, 0.4) is 0 Å². The predicted molar refractivity (Wildman–Crippen MR) is 46.7 cm³/mol. The molecule has 0 rings (SSSR count). The third-order valence-electron chi connectivity index (χ3n) is 1.75. The maximum atomic E-state index is 10.4. The molecule has 1 atom stereocenters. The number of hydrogen-bond donors (Lipinski definition) is 1. The van der Waals surface area contributed by atoms with E-state index in [2.05, 4.69) is 6.92 Å². The Morgan fingerprint density at radius 2 is 2.00 bits per heavy atom. The number of hydrogen-bond acceptors (Lipinski definition) is 1. The molecular formula is C8H16O2Sr. The van der Waals surface area contributed by atoms with Gasteiger partial charge in [-0.1, -0.05) is 26.7 Å². The smallest absolute Gasteiger partial charge is 0.306 e. The number of carboxylic acids is 1. The largest absolute Gasteiger partial charge is 0.481 e. The van der Waals surface area contributed by atoms with Gasteiger partial charge in [-0.3, -0.25) is 4.79 Å². The van der Waals surface area contributed by atoms with Gasteiger partial charge in [-0.05, 0) is 12.8 Å². The number of carbonyl (C=O) groups is 1. The van der Waals surface area contributed by atoms with Crippen LogP contribution in [-0.4, -0.2) is 56.6 Å². The Kier molecular flexibility index (Phi) is 11.9. The zero-order valence-electron chi connectivity index (χ0n) is 7.47. The predicted octanol–water partition coefficient (Wildman–Crippen LogP) is 1.91. The second kappa shape index (κ2) is 9.04. The maximum Gasteiger partial charge on any atom is 0.306 e. The second-order valence-corrected chi connectivity index (χ2v) is 2.59. The zero-order valence-corrected chi connectivity index (χ0v) is 10.9. The number of unbranched alkanes of at least 4 members (excludes halogenated alkanes) is 1. The Morgan fingerprint density at radius 3 is 2.27 bits per heavy atom. The molecule has 0 saturated heterocycles. The van der Waals surface area contributed by atoms with E-state index in [0.717, 1.165) is 25.7 Å². The van der Waals surface area contributed by atoms with E-state index in [9.17, 15) is 4.79 Å². The van der Waals surface area contributed by atoms with Crippen molar-refractivity contribution in [2.75, 3.05) is 0 Å². The number of carboxylic acid groups (broad SMARTS) is 1. The molecule has 0 aromatic carbocycles. The van der Waals surface area contributed by atoms with E-state index in [4.69, 9.17) is 5.11 Å². The summed E-state index contributed by atoms with van der Waals surface area (Å²) in [4.78, 5) is 10.4. The van der Waals surface area contributed by atoms with Crippen LogP contribution in [0.4, 0.5) is 0 Å². The van der Waals surface area contributed by atoms with Gasteiger partial charge < -0.3 is 5.11 Å². The fourth-order valence-electron chi connectivity index (χ4n) is 0.953. The fourth-order valence-corrected chi connectivity index (χ4v) is 0.953. The van der Waals surface area contributed by atoms with Crippen LogP contribution in [0.15, 0.2) is 0 Å². The van der Waals surface area contributed by atoms with Gasteiger partial charge in [0, 0.05) is 45.5 Å². The molecule has 1 N–H and O–H groups in total. The topological polar surface area (TPSA) is 37.3 Å². The zero-order chi connectivity index (χ0) is 7.98. The standard InChI is InChI=1S/C8H16O2.Sr/c1-3-5-6-7(4-2)8(9)10;/h7H,3-6H2,1-2H3,(H,9,10);. The summed E-state index contributed by atoms with van der Waals surface area (Å²) in [7, 11) is 0. The molecule has 0 fully saturated rings. The van der Waals surface area contributed by atoms with Gasteiger partial charge in [0.2, 0.25) is 0 Å². The van der Waals surface area contributed by atoms with E-state index in [1.807, 2.05) is 6.92 Å². The summed E-state index contributed by atoms with van der Waals surface area (Å²) < 4.78 is 0. The average Bonchev–Trinajstić information content (AvgIpc) is 1.89. The minimum Gasteiger partial charge on any atom is -0.481 e. The number of aliphatic carboxylic acids is 1. The van der Waals surface area contributed by atoms with Gasteiger partial charge in [-0.2, -0.15) is 0 Å². The van der Waals surface area contributed by atoms with E-state index in [1.165, 1.54) is 0 Å².